The summed E-state index contributed by atoms with van der Waals surface area (Å²) >= 11 is 0. The van der Waals surface area contributed by atoms with Crippen LogP contribution in [0.5, 0.6) is 0 Å². The molecule has 0 saturated carbocycles. The summed E-state index contributed by atoms with van der Waals surface area (Å²) < 4.78 is 12.6. The Hall–Kier alpha value is -1.64. The second-order valence-corrected chi connectivity index (χ2v) is 2.44. The van der Waals surface area contributed by atoms with Gasteiger partial charge in [0.15, 0.2) is 5.82 Å². The van der Waals surface area contributed by atoms with E-state index in [9.17, 15) is 9.18 Å². The Morgan fingerprint density at radius 2 is 2.08 bits per heavy atom. The van der Waals surface area contributed by atoms with E-state index in [1.165, 1.54) is 0 Å². The molecule has 1 radical (unpaired) electrons. The second-order valence-electron chi connectivity index (χ2n) is 2.44. The van der Waals surface area contributed by atoms with Crippen LogP contribution in [-0.2, 0) is 0 Å². The van der Waals surface area contributed by atoms with Crippen LogP contribution in [0.25, 0.3) is 10.9 Å². The van der Waals surface area contributed by atoms with Crippen LogP contribution in [0.3, 0.4) is 0 Å². The number of pyridine rings is 1. The van der Waals surface area contributed by atoms with Gasteiger partial charge in [0.1, 0.15) is 6.20 Å². The molecule has 0 aliphatic rings. The van der Waals surface area contributed by atoms with Gasteiger partial charge in [-0.25, -0.2) is 4.39 Å². The average Bonchev–Trinajstić information content (AvgIpc) is 2.12. The summed E-state index contributed by atoms with van der Waals surface area (Å²) in [6, 6.07) is 6.73. The van der Waals surface area contributed by atoms with Crippen molar-refractivity contribution in [3.05, 3.63) is 46.5 Å². The molecule has 0 spiro atoms. The molecule has 1 heterocycles. The summed E-state index contributed by atoms with van der Waals surface area (Å²) in [6.45, 7) is 0. The van der Waals surface area contributed by atoms with E-state index in [0.29, 0.717) is 10.9 Å². The number of hydrogen-bond donors (Lipinski definition) is 1. The Morgan fingerprint density at radius 1 is 1.33 bits per heavy atom. The number of aromatic amines is 1. The van der Waals surface area contributed by atoms with Gasteiger partial charge in [0, 0.05) is 10.9 Å². The molecule has 0 aliphatic heterocycles. The molecule has 3 heteroatoms. The van der Waals surface area contributed by atoms with E-state index in [0.717, 1.165) is 0 Å². The van der Waals surface area contributed by atoms with Gasteiger partial charge in [-0.3, -0.25) is 4.79 Å². The van der Waals surface area contributed by atoms with Gasteiger partial charge >= 0.3 is 0 Å². The molecule has 2 aromatic rings. The monoisotopic (exact) mass is 162 g/mol. The van der Waals surface area contributed by atoms with Crippen LogP contribution in [0.4, 0.5) is 4.39 Å². The van der Waals surface area contributed by atoms with Crippen LogP contribution in [0.1, 0.15) is 0 Å². The van der Waals surface area contributed by atoms with Crippen LogP contribution in [-0.4, -0.2) is 4.98 Å². The molecule has 1 aromatic heterocycles. The number of benzene rings is 1. The fourth-order valence-corrected chi connectivity index (χ4v) is 1.09. The molecule has 1 N–H and O–H groups in total. The van der Waals surface area contributed by atoms with E-state index in [2.05, 4.69) is 11.2 Å². The van der Waals surface area contributed by atoms with Crippen LogP contribution in [0.15, 0.2) is 29.1 Å². The molecular weight excluding hydrogens is 157 g/mol. The molecule has 1 aromatic carbocycles. The molecule has 0 aliphatic carbocycles. The minimum Gasteiger partial charge on any atom is -0.351 e. The fraction of sp³-hybridized carbons (Fsp3) is 0. The first-order chi connectivity index (χ1) is 5.79. The third-order valence-corrected chi connectivity index (χ3v) is 1.68. The maximum atomic E-state index is 12.6. The quantitative estimate of drug-likeness (QED) is 0.625. The maximum absolute atomic E-state index is 12.6. The average molecular weight is 162 g/mol. The Morgan fingerprint density at radius 3 is 2.92 bits per heavy atom. The van der Waals surface area contributed by atoms with Gasteiger partial charge in [0.25, 0.3) is 0 Å². The fourth-order valence-electron chi connectivity index (χ4n) is 1.09. The van der Waals surface area contributed by atoms with Crippen LogP contribution < -0.4 is 5.43 Å². The van der Waals surface area contributed by atoms with Crippen molar-refractivity contribution in [2.24, 2.45) is 0 Å². The molecule has 0 saturated heterocycles. The van der Waals surface area contributed by atoms with E-state index in [1.807, 2.05) is 0 Å². The highest BCUT2D eigenvalue weighted by Crippen LogP contribution is 2.05. The van der Waals surface area contributed by atoms with Crippen molar-refractivity contribution in [3.63, 3.8) is 0 Å². The molecule has 0 atom stereocenters. The Balaban J connectivity index is 3.01. The van der Waals surface area contributed by atoms with Crippen molar-refractivity contribution in [3.8, 4) is 0 Å². The molecule has 2 nitrogen and oxygen atoms in total. The molecule has 0 amide bonds. The smallest absolute Gasteiger partial charge is 0.225 e. The highest BCUT2D eigenvalue weighted by Gasteiger charge is 2.02. The molecular formula is C9H5FNO. The standard InChI is InChI=1S/C9H5FNO/c10-7-5-11-8-4-2-1-3-6(8)9(7)12/h1-4H,(H,11,12). The summed E-state index contributed by atoms with van der Waals surface area (Å²) in [4.78, 5) is 13.7. The summed E-state index contributed by atoms with van der Waals surface area (Å²) in [6.07, 6.45) is 2.14. The molecule has 12 heavy (non-hydrogen) atoms. The van der Waals surface area contributed by atoms with Gasteiger partial charge in [0.05, 0.1) is 0 Å². The van der Waals surface area contributed by atoms with Gasteiger partial charge < -0.3 is 4.98 Å². The predicted octanol–water partition coefficient (Wildman–Crippen LogP) is 1.47. The van der Waals surface area contributed by atoms with Gasteiger partial charge in [-0.2, -0.15) is 0 Å². The third kappa shape index (κ3) is 0.906. The molecule has 2 rings (SSSR count). The summed E-state index contributed by atoms with van der Waals surface area (Å²) in [5, 5.41) is 0.355. The zero-order valence-corrected chi connectivity index (χ0v) is 6.10. The van der Waals surface area contributed by atoms with Crippen LogP contribution >= 0.6 is 0 Å². The van der Waals surface area contributed by atoms with E-state index in [-0.39, 0.29) is 0 Å². The largest absolute Gasteiger partial charge is 0.351 e. The Bertz CT molecular complexity index is 475. The van der Waals surface area contributed by atoms with E-state index in [1.54, 1.807) is 24.3 Å². The summed E-state index contributed by atoms with van der Waals surface area (Å²) in [5.41, 5.74) is -0.00625. The topological polar surface area (TPSA) is 32.9 Å². The molecule has 59 valence electrons. The number of fused-ring (bicyclic) bond motifs is 1. The number of H-pyrrole nitrogens is 1. The van der Waals surface area contributed by atoms with E-state index >= 15 is 0 Å². The van der Waals surface area contributed by atoms with Crippen molar-refractivity contribution in [2.45, 2.75) is 0 Å². The normalized spacial score (nSPS) is 10.4. The lowest BCUT2D eigenvalue weighted by Gasteiger charge is -1.94. The first-order valence-corrected chi connectivity index (χ1v) is 3.47. The SMILES string of the molecule is O=c1c(F)[c][nH]c2ccccc12. The Labute approximate surface area is 67.7 Å². The van der Waals surface area contributed by atoms with Crippen LogP contribution in [0.2, 0.25) is 0 Å². The highest BCUT2D eigenvalue weighted by molar-refractivity contribution is 5.77. The predicted molar refractivity (Wildman–Crippen MR) is 43.4 cm³/mol. The second kappa shape index (κ2) is 2.44. The van der Waals surface area contributed by atoms with E-state index < -0.39 is 11.2 Å². The summed E-state index contributed by atoms with van der Waals surface area (Å²) in [5.74, 6) is -0.867. The van der Waals surface area contributed by atoms with Gasteiger partial charge in [-0.15, -0.1) is 0 Å². The zero-order chi connectivity index (χ0) is 8.55. The van der Waals surface area contributed by atoms with Gasteiger partial charge in [-0.1, -0.05) is 12.1 Å². The minimum absolute atomic E-state index is 0.355. The number of para-hydroxylation sites is 1. The number of aromatic nitrogens is 1. The number of nitrogens with one attached hydrogen (secondary N) is 1. The zero-order valence-electron chi connectivity index (χ0n) is 6.10. The lowest BCUT2D eigenvalue weighted by Crippen LogP contribution is -2.07. The van der Waals surface area contributed by atoms with E-state index in [4.69, 9.17) is 0 Å². The molecule has 0 fully saturated rings. The minimum atomic E-state index is -0.867. The van der Waals surface area contributed by atoms with Crippen molar-refractivity contribution in [2.75, 3.05) is 0 Å². The van der Waals surface area contributed by atoms with Crippen molar-refractivity contribution in [1.29, 1.82) is 0 Å². The van der Waals surface area contributed by atoms with Crippen molar-refractivity contribution in [1.82, 2.24) is 4.98 Å². The number of rotatable bonds is 0. The highest BCUT2D eigenvalue weighted by atomic mass is 19.1. The van der Waals surface area contributed by atoms with Gasteiger partial charge in [0.2, 0.25) is 5.43 Å². The number of hydrogen-bond acceptors (Lipinski definition) is 1. The third-order valence-electron chi connectivity index (χ3n) is 1.68. The summed E-state index contributed by atoms with van der Waals surface area (Å²) in [7, 11) is 0. The van der Waals surface area contributed by atoms with Gasteiger partial charge in [-0.05, 0) is 12.1 Å². The molecule has 0 bridgehead atoms. The van der Waals surface area contributed by atoms with Crippen molar-refractivity contribution >= 4 is 10.9 Å². The lowest BCUT2D eigenvalue weighted by atomic mass is 10.2. The first kappa shape index (κ1) is 7.03. The lowest BCUT2D eigenvalue weighted by molar-refractivity contribution is 0.612. The van der Waals surface area contributed by atoms with Crippen LogP contribution in [0, 0.1) is 12.0 Å². The Kier molecular flexibility index (Phi) is 1.43. The first-order valence-electron chi connectivity index (χ1n) is 3.47. The number of halogens is 1. The molecule has 0 unspecified atom stereocenters. The van der Waals surface area contributed by atoms with Crippen molar-refractivity contribution < 1.29 is 4.39 Å². The maximum Gasteiger partial charge on any atom is 0.225 e.